The molecule has 1 aromatic rings. The molecule has 0 aliphatic carbocycles. The zero-order valence-corrected chi connectivity index (χ0v) is 8.08. The molecule has 0 fully saturated rings. The number of nitrogens with one attached hydrogen (secondary N) is 2. The van der Waals surface area contributed by atoms with Crippen molar-refractivity contribution in [2.45, 2.75) is 6.92 Å². The number of nitrogens with zero attached hydrogens (tertiary/aromatic N) is 1. The van der Waals surface area contributed by atoms with Crippen LogP contribution in [-0.4, -0.2) is 17.4 Å². The summed E-state index contributed by atoms with van der Waals surface area (Å²) in [5, 5.41) is 5.67. The van der Waals surface area contributed by atoms with Crippen LogP contribution in [0, 0.1) is 0 Å². The van der Waals surface area contributed by atoms with Gasteiger partial charge in [0.25, 0.3) is 0 Å². The molecule has 0 radical (unpaired) electrons. The van der Waals surface area contributed by atoms with E-state index in [0.29, 0.717) is 12.2 Å². The van der Waals surface area contributed by atoms with E-state index in [1.165, 1.54) is 6.92 Å². The zero-order chi connectivity index (χ0) is 10.4. The molecule has 74 valence electrons. The highest BCUT2D eigenvalue weighted by molar-refractivity contribution is 5.88. The fourth-order valence-corrected chi connectivity index (χ4v) is 0.952. The van der Waals surface area contributed by atoms with Crippen molar-refractivity contribution < 1.29 is 4.79 Å². The first-order valence-electron chi connectivity index (χ1n) is 4.31. The molecule has 4 heteroatoms. The molecule has 1 amide bonds. The first-order valence-corrected chi connectivity index (χ1v) is 4.31. The predicted molar refractivity (Wildman–Crippen MR) is 57.2 cm³/mol. The summed E-state index contributed by atoms with van der Waals surface area (Å²) in [5.74, 6) is 0.664. The standard InChI is InChI=1S/C10H13N3O/c1-3-6-11-10-5-4-9(7-12-10)13-8(2)14/h3-5,7H,1,6H2,2H3,(H,11,12)(H,13,14). The van der Waals surface area contributed by atoms with Crippen LogP contribution in [0.2, 0.25) is 0 Å². The third-order valence-electron chi connectivity index (χ3n) is 1.51. The summed E-state index contributed by atoms with van der Waals surface area (Å²) in [4.78, 5) is 14.8. The Labute approximate surface area is 83.0 Å². The lowest BCUT2D eigenvalue weighted by Gasteiger charge is -2.04. The average molecular weight is 191 g/mol. The van der Waals surface area contributed by atoms with Crippen LogP contribution in [0.1, 0.15) is 6.92 Å². The summed E-state index contributed by atoms with van der Waals surface area (Å²) < 4.78 is 0. The van der Waals surface area contributed by atoms with E-state index in [0.717, 1.165) is 5.82 Å². The van der Waals surface area contributed by atoms with Crippen molar-refractivity contribution in [2.75, 3.05) is 17.2 Å². The quantitative estimate of drug-likeness (QED) is 0.711. The van der Waals surface area contributed by atoms with Gasteiger partial charge in [0.1, 0.15) is 5.82 Å². The van der Waals surface area contributed by atoms with Gasteiger partial charge >= 0.3 is 0 Å². The van der Waals surface area contributed by atoms with Crippen LogP contribution in [0.5, 0.6) is 0 Å². The van der Waals surface area contributed by atoms with E-state index in [-0.39, 0.29) is 5.91 Å². The van der Waals surface area contributed by atoms with Gasteiger partial charge in [-0.2, -0.15) is 0 Å². The summed E-state index contributed by atoms with van der Waals surface area (Å²) >= 11 is 0. The first kappa shape index (κ1) is 10.2. The molecular formula is C10H13N3O. The molecule has 0 bridgehead atoms. The topological polar surface area (TPSA) is 54.0 Å². The number of rotatable bonds is 4. The van der Waals surface area contributed by atoms with Crippen molar-refractivity contribution in [1.82, 2.24) is 4.98 Å². The van der Waals surface area contributed by atoms with E-state index in [2.05, 4.69) is 22.2 Å². The summed E-state index contributed by atoms with van der Waals surface area (Å²) in [6.45, 7) is 5.72. The molecule has 0 aromatic carbocycles. The molecule has 1 heterocycles. The fraction of sp³-hybridized carbons (Fsp3) is 0.200. The minimum absolute atomic E-state index is 0.0985. The van der Waals surface area contributed by atoms with Crippen molar-refractivity contribution in [3.8, 4) is 0 Å². The predicted octanol–water partition coefficient (Wildman–Crippen LogP) is 1.64. The van der Waals surface area contributed by atoms with Crippen molar-refractivity contribution in [3.05, 3.63) is 31.0 Å². The van der Waals surface area contributed by atoms with Crippen LogP contribution in [0.3, 0.4) is 0 Å². The normalized spacial score (nSPS) is 9.21. The van der Waals surface area contributed by atoms with Crippen LogP contribution in [0.4, 0.5) is 11.5 Å². The molecule has 4 nitrogen and oxygen atoms in total. The molecule has 14 heavy (non-hydrogen) atoms. The van der Waals surface area contributed by atoms with Gasteiger partial charge in [-0.3, -0.25) is 4.79 Å². The Balaban J connectivity index is 2.58. The van der Waals surface area contributed by atoms with E-state index < -0.39 is 0 Å². The van der Waals surface area contributed by atoms with Gasteiger partial charge in [0.05, 0.1) is 11.9 Å². The van der Waals surface area contributed by atoms with Gasteiger partial charge in [0, 0.05) is 13.5 Å². The second-order valence-electron chi connectivity index (χ2n) is 2.78. The summed E-state index contributed by atoms with van der Waals surface area (Å²) in [6.07, 6.45) is 3.36. The van der Waals surface area contributed by atoms with E-state index in [1.807, 2.05) is 0 Å². The lowest BCUT2D eigenvalue weighted by molar-refractivity contribution is -0.114. The molecule has 0 aliphatic rings. The van der Waals surface area contributed by atoms with Crippen molar-refractivity contribution in [2.24, 2.45) is 0 Å². The molecule has 0 spiro atoms. The number of pyridine rings is 1. The third-order valence-corrected chi connectivity index (χ3v) is 1.51. The number of carbonyl (C=O) groups excluding carboxylic acids is 1. The average Bonchev–Trinajstić information content (AvgIpc) is 2.16. The van der Waals surface area contributed by atoms with Gasteiger partial charge in [-0.15, -0.1) is 6.58 Å². The summed E-state index contributed by atoms with van der Waals surface area (Å²) in [7, 11) is 0. The molecule has 1 aromatic heterocycles. The Bertz CT molecular complexity index is 319. The van der Waals surface area contributed by atoms with Crippen molar-refractivity contribution >= 4 is 17.4 Å². The summed E-state index contributed by atoms with van der Waals surface area (Å²) in [5.41, 5.74) is 0.696. The molecule has 0 unspecified atom stereocenters. The maximum absolute atomic E-state index is 10.7. The lowest BCUT2D eigenvalue weighted by Crippen LogP contribution is -2.06. The maximum atomic E-state index is 10.7. The molecule has 0 saturated heterocycles. The Kier molecular flexibility index (Phi) is 3.67. The van der Waals surface area contributed by atoms with Crippen molar-refractivity contribution in [3.63, 3.8) is 0 Å². The van der Waals surface area contributed by atoms with Gasteiger partial charge < -0.3 is 10.6 Å². The highest BCUT2D eigenvalue weighted by atomic mass is 16.1. The molecule has 0 saturated carbocycles. The third kappa shape index (κ3) is 3.26. The van der Waals surface area contributed by atoms with Gasteiger partial charge in [-0.25, -0.2) is 4.98 Å². The largest absolute Gasteiger partial charge is 0.367 e. The highest BCUT2D eigenvalue weighted by Gasteiger charge is 1.95. The van der Waals surface area contributed by atoms with Crippen LogP contribution < -0.4 is 10.6 Å². The van der Waals surface area contributed by atoms with E-state index in [9.17, 15) is 4.79 Å². The maximum Gasteiger partial charge on any atom is 0.221 e. The van der Waals surface area contributed by atoms with Crippen LogP contribution in [0.25, 0.3) is 0 Å². The van der Waals surface area contributed by atoms with Gasteiger partial charge in [0.15, 0.2) is 0 Å². The van der Waals surface area contributed by atoms with Crippen LogP contribution >= 0.6 is 0 Å². The molecule has 1 rings (SSSR count). The molecule has 2 N–H and O–H groups in total. The minimum atomic E-state index is -0.0985. The number of amides is 1. The second-order valence-corrected chi connectivity index (χ2v) is 2.78. The summed E-state index contributed by atoms with van der Waals surface area (Å²) in [6, 6.07) is 3.59. The number of carbonyl (C=O) groups is 1. The van der Waals surface area contributed by atoms with Gasteiger partial charge in [-0.05, 0) is 12.1 Å². The second kappa shape index (κ2) is 5.01. The number of hydrogen-bond donors (Lipinski definition) is 2. The highest BCUT2D eigenvalue weighted by Crippen LogP contribution is 2.08. The number of aromatic nitrogens is 1. The zero-order valence-electron chi connectivity index (χ0n) is 8.08. The Morgan fingerprint density at radius 3 is 2.93 bits per heavy atom. The SMILES string of the molecule is C=CCNc1ccc(NC(C)=O)cn1. The van der Waals surface area contributed by atoms with Crippen LogP contribution in [0.15, 0.2) is 31.0 Å². The van der Waals surface area contributed by atoms with E-state index in [1.54, 1.807) is 24.4 Å². The first-order chi connectivity index (χ1) is 6.72. The van der Waals surface area contributed by atoms with Crippen LogP contribution in [-0.2, 0) is 4.79 Å². The minimum Gasteiger partial charge on any atom is -0.367 e. The smallest absolute Gasteiger partial charge is 0.221 e. The Morgan fingerprint density at radius 1 is 1.64 bits per heavy atom. The van der Waals surface area contributed by atoms with E-state index >= 15 is 0 Å². The van der Waals surface area contributed by atoms with Crippen molar-refractivity contribution in [1.29, 1.82) is 0 Å². The number of hydrogen-bond acceptors (Lipinski definition) is 3. The van der Waals surface area contributed by atoms with E-state index in [4.69, 9.17) is 0 Å². The fourth-order valence-electron chi connectivity index (χ4n) is 0.952. The number of anilines is 2. The Hall–Kier alpha value is -1.84. The Morgan fingerprint density at radius 2 is 2.43 bits per heavy atom. The molecule has 0 aliphatic heterocycles. The monoisotopic (exact) mass is 191 g/mol. The molecule has 0 atom stereocenters. The molecular weight excluding hydrogens is 178 g/mol. The lowest BCUT2D eigenvalue weighted by atomic mass is 10.4. The van der Waals surface area contributed by atoms with Gasteiger partial charge in [0.2, 0.25) is 5.91 Å². The van der Waals surface area contributed by atoms with Gasteiger partial charge in [-0.1, -0.05) is 6.08 Å².